The third kappa shape index (κ3) is 4.24. The molecule has 2 bridgehead atoms. The van der Waals surface area contributed by atoms with Crippen LogP contribution in [0.2, 0.25) is 0 Å². The molecule has 7 nitrogen and oxygen atoms in total. The third-order valence-electron chi connectivity index (χ3n) is 6.52. The molecule has 1 saturated heterocycles. The second-order valence-corrected chi connectivity index (χ2v) is 8.54. The summed E-state index contributed by atoms with van der Waals surface area (Å²) in [7, 11) is 3.89. The van der Waals surface area contributed by atoms with Crippen molar-refractivity contribution < 1.29 is 9.59 Å². The van der Waals surface area contributed by atoms with E-state index in [0.717, 1.165) is 38.3 Å². The summed E-state index contributed by atoms with van der Waals surface area (Å²) in [5.41, 5.74) is 0. The van der Waals surface area contributed by atoms with E-state index >= 15 is 0 Å². The molecule has 2 N–H and O–H groups in total. The number of hydrogen-bond donors (Lipinski definition) is 2. The molecule has 4 atom stereocenters. The number of allylic oxidation sites excluding steroid dienone is 2. The van der Waals surface area contributed by atoms with Crippen LogP contribution in [0.15, 0.2) is 17.1 Å². The second kappa shape index (κ2) is 9.07. The van der Waals surface area contributed by atoms with Gasteiger partial charge in [-0.15, -0.1) is 0 Å². The lowest BCUT2D eigenvalue weighted by atomic mass is 9.85. The molecule has 0 aromatic heterocycles. The molecule has 4 unspecified atom stereocenters. The van der Waals surface area contributed by atoms with E-state index in [0.29, 0.717) is 19.1 Å². The summed E-state index contributed by atoms with van der Waals surface area (Å²) in [6, 6.07) is 0.573. The summed E-state index contributed by atoms with van der Waals surface area (Å²) >= 11 is 0. The van der Waals surface area contributed by atoms with Gasteiger partial charge in [-0.1, -0.05) is 12.2 Å². The van der Waals surface area contributed by atoms with E-state index in [9.17, 15) is 9.59 Å². The Morgan fingerprint density at radius 3 is 2.32 bits per heavy atom. The van der Waals surface area contributed by atoms with Crippen molar-refractivity contribution in [3.63, 3.8) is 0 Å². The number of likely N-dealkylation sites (tertiary alicyclic amines) is 1. The lowest BCUT2D eigenvalue weighted by Crippen LogP contribution is -2.44. The Hall–Kier alpha value is -1.89. The lowest BCUT2D eigenvalue weighted by Gasteiger charge is -2.21. The van der Waals surface area contributed by atoms with E-state index in [2.05, 4.69) is 53.6 Å². The van der Waals surface area contributed by atoms with Gasteiger partial charge in [0.15, 0.2) is 5.96 Å². The highest BCUT2D eigenvalue weighted by atomic mass is 16.2. The van der Waals surface area contributed by atoms with Gasteiger partial charge in [0.2, 0.25) is 11.8 Å². The van der Waals surface area contributed by atoms with Gasteiger partial charge in [0.25, 0.3) is 0 Å². The first-order valence-electron chi connectivity index (χ1n) is 10.6. The van der Waals surface area contributed by atoms with Crippen molar-refractivity contribution in [1.82, 2.24) is 20.4 Å². The summed E-state index contributed by atoms with van der Waals surface area (Å²) in [6.07, 6.45) is 7.43. The fourth-order valence-corrected chi connectivity index (χ4v) is 4.64. The van der Waals surface area contributed by atoms with E-state index < -0.39 is 0 Å². The lowest BCUT2D eigenvalue weighted by molar-refractivity contribution is -0.140. The number of hydrogen-bond acceptors (Lipinski definition) is 4. The number of nitrogens with zero attached hydrogens (tertiary/aromatic N) is 3. The van der Waals surface area contributed by atoms with Gasteiger partial charge in [0.05, 0.1) is 11.8 Å². The van der Waals surface area contributed by atoms with Crippen molar-refractivity contribution >= 4 is 17.8 Å². The SMILES string of the molecule is CN=C(NCCCCN(C)C(C)C)NCCN1C(=O)C2C3C=CC(C3)C2C1=O. The molecular weight excluding hydrogens is 354 g/mol. The number of amides is 2. The van der Waals surface area contributed by atoms with Gasteiger partial charge < -0.3 is 15.5 Å². The minimum Gasteiger partial charge on any atom is -0.356 e. The third-order valence-corrected chi connectivity index (χ3v) is 6.52. The molecule has 0 spiro atoms. The molecule has 28 heavy (non-hydrogen) atoms. The first kappa shape index (κ1) is 20.8. The van der Waals surface area contributed by atoms with Crippen LogP contribution in [-0.2, 0) is 9.59 Å². The molecule has 1 saturated carbocycles. The normalized spacial score (nSPS) is 28.8. The van der Waals surface area contributed by atoms with E-state index in [4.69, 9.17) is 0 Å². The minimum atomic E-state index is -0.107. The Morgan fingerprint density at radius 2 is 1.75 bits per heavy atom. The number of unbranched alkanes of at least 4 members (excludes halogenated alkanes) is 1. The molecule has 2 amide bonds. The molecule has 1 heterocycles. The molecule has 0 aromatic carbocycles. The number of imide groups is 1. The topological polar surface area (TPSA) is 77.0 Å². The zero-order valence-corrected chi connectivity index (χ0v) is 17.6. The molecule has 3 rings (SSSR count). The minimum absolute atomic E-state index is 0.0193. The zero-order valence-electron chi connectivity index (χ0n) is 17.6. The summed E-state index contributed by atoms with van der Waals surface area (Å²) < 4.78 is 0. The molecule has 0 radical (unpaired) electrons. The highest BCUT2D eigenvalue weighted by Crippen LogP contribution is 2.52. The van der Waals surface area contributed by atoms with Gasteiger partial charge in [-0.3, -0.25) is 19.5 Å². The van der Waals surface area contributed by atoms with Gasteiger partial charge in [-0.25, -0.2) is 0 Å². The molecule has 2 aliphatic carbocycles. The summed E-state index contributed by atoms with van der Waals surface area (Å²) in [5.74, 6) is 1.09. The largest absolute Gasteiger partial charge is 0.356 e. The first-order chi connectivity index (χ1) is 13.4. The number of rotatable bonds is 9. The molecule has 7 heteroatoms. The summed E-state index contributed by atoms with van der Waals surface area (Å²) in [4.78, 5) is 33.4. The van der Waals surface area contributed by atoms with Crippen LogP contribution >= 0.6 is 0 Å². The van der Waals surface area contributed by atoms with E-state index in [-0.39, 0.29) is 35.5 Å². The summed E-state index contributed by atoms with van der Waals surface area (Å²) in [5, 5.41) is 6.53. The van der Waals surface area contributed by atoms with Crippen molar-refractivity contribution in [2.45, 2.75) is 39.2 Å². The maximum Gasteiger partial charge on any atom is 0.233 e. The van der Waals surface area contributed by atoms with Gasteiger partial charge in [0.1, 0.15) is 0 Å². The Morgan fingerprint density at radius 1 is 1.14 bits per heavy atom. The highest BCUT2D eigenvalue weighted by molar-refractivity contribution is 6.06. The van der Waals surface area contributed by atoms with Crippen molar-refractivity contribution in [2.24, 2.45) is 28.7 Å². The van der Waals surface area contributed by atoms with Crippen molar-refractivity contribution in [3.8, 4) is 0 Å². The molecule has 1 aliphatic heterocycles. The fraction of sp³-hybridized carbons (Fsp3) is 0.762. The fourth-order valence-electron chi connectivity index (χ4n) is 4.64. The molecule has 3 aliphatic rings. The van der Waals surface area contributed by atoms with Crippen LogP contribution in [0.5, 0.6) is 0 Å². The first-order valence-corrected chi connectivity index (χ1v) is 10.6. The Kier molecular flexibility index (Phi) is 6.75. The Balaban J connectivity index is 1.35. The number of fused-ring (bicyclic) bond motifs is 5. The van der Waals surface area contributed by atoms with Gasteiger partial charge >= 0.3 is 0 Å². The van der Waals surface area contributed by atoms with Crippen LogP contribution < -0.4 is 10.6 Å². The van der Waals surface area contributed by atoms with Gasteiger partial charge in [-0.05, 0) is 58.5 Å². The number of nitrogens with one attached hydrogen (secondary N) is 2. The predicted octanol–water partition coefficient (Wildman–Crippen LogP) is 1.08. The molecule has 0 aromatic rings. The molecular formula is C21H35N5O2. The van der Waals surface area contributed by atoms with Gasteiger partial charge in [-0.2, -0.15) is 0 Å². The summed E-state index contributed by atoms with van der Waals surface area (Å²) in [6.45, 7) is 7.28. The number of carbonyl (C=O) groups excluding carboxylic acids is 2. The maximum atomic E-state index is 12.7. The second-order valence-electron chi connectivity index (χ2n) is 8.54. The Bertz CT molecular complexity index is 615. The average Bonchev–Trinajstić information content (AvgIpc) is 3.35. The van der Waals surface area contributed by atoms with Crippen LogP contribution in [0.3, 0.4) is 0 Å². The predicted molar refractivity (Wildman–Crippen MR) is 111 cm³/mol. The van der Waals surface area contributed by atoms with Crippen LogP contribution in [0, 0.1) is 23.7 Å². The van der Waals surface area contributed by atoms with Crippen LogP contribution in [0.4, 0.5) is 0 Å². The maximum absolute atomic E-state index is 12.7. The van der Waals surface area contributed by atoms with Gasteiger partial charge in [0, 0.05) is 32.7 Å². The quantitative estimate of drug-likeness (QED) is 0.203. The monoisotopic (exact) mass is 389 g/mol. The smallest absolute Gasteiger partial charge is 0.233 e. The Labute approximate surface area is 168 Å². The van der Waals surface area contributed by atoms with Crippen LogP contribution in [0.25, 0.3) is 0 Å². The van der Waals surface area contributed by atoms with Crippen LogP contribution in [0.1, 0.15) is 33.1 Å². The van der Waals surface area contributed by atoms with E-state index in [1.807, 2.05) is 0 Å². The molecule has 156 valence electrons. The van der Waals surface area contributed by atoms with Crippen molar-refractivity contribution in [3.05, 3.63) is 12.2 Å². The zero-order chi connectivity index (χ0) is 20.3. The number of aliphatic imine (C=N–C) groups is 1. The molecule has 2 fully saturated rings. The van der Waals surface area contributed by atoms with Crippen molar-refractivity contribution in [2.75, 3.05) is 40.3 Å². The van der Waals surface area contributed by atoms with E-state index in [1.54, 1.807) is 7.05 Å². The van der Waals surface area contributed by atoms with Crippen molar-refractivity contribution in [1.29, 1.82) is 0 Å². The average molecular weight is 390 g/mol. The number of guanidine groups is 1. The standard InChI is InChI=1S/C21H35N5O2/c1-14(2)25(4)11-6-5-9-23-21(22-3)24-10-12-26-19(27)17-15-7-8-16(13-15)18(17)20(26)28/h7-8,14-18H,5-6,9-13H2,1-4H3,(H2,22,23,24). The van der Waals surface area contributed by atoms with E-state index in [1.165, 1.54) is 4.90 Å². The van der Waals surface area contributed by atoms with Crippen LogP contribution in [-0.4, -0.2) is 73.9 Å². The highest BCUT2D eigenvalue weighted by Gasteiger charge is 2.58. The number of carbonyl (C=O) groups is 2.